The Morgan fingerprint density at radius 3 is 0.536 bits per heavy atom. The molecule has 0 aromatic carbocycles. The normalized spacial score (nSPS) is 13.6. The zero-order valence-electron chi connectivity index (χ0n) is 72.3. The Labute approximate surface area is 677 Å². The van der Waals surface area contributed by atoms with Gasteiger partial charge in [0.25, 0.3) is 0 Å². The van der Waals surface area contributed by atoms with Gasteiger partial charge in [0.1, 0.15) is 19.3 Å². The van der Waals surface area contributed by atoms with E-state index in [1.165, 1.54) is 334 Å². The van der Waals surface area contributed by atoms with E-state index in [0.717, 1.165) is 89.9 Å². The maximum absolute atomic E-state index is 13.2. The number of unbranched alkanes of at least 4 members (excludes halogenated alkanes) is 66. The molecule has 654 valence electrons. The van der Waals surface area contributed by atoms with Crippen LogP contribution in [0.4, 0.5) is 0 Å². The molecule has 0 aromatic heterocycles. The molecule has 0 spiro atoms. The maximum atomic E-state index is 13.2. The number of carbonyl (C=O) groups is 4. The van der Waals surface area contributed by atoms with E-state index in [9.17, 15) is 43.2 Å². The standard InChI is InChI=1S/C91H178O17P2/c1-5-9-13-17-21-25-29-32-35-38-41-44-47-50-53-56-60-64-68-72-76-89(94)102-82-87(108-91(96)78-74-70-66-62-58-55-52-49-46-43-40-37-34-31-27-23-19-15-11-7-3)84-106-110(99,100)104-80-85(92)79-103-109(97,98)105-83-86(81-101-88(93)75-71-67-63-59-28-24-20-16-12-8-4)107-90(95)77-73-69-65-61-57-54-51-48-45-42-39-36-33-30-26-22-18-14-10-6-2/h85-87,92H,5-84H2,1-4H3,(H,97,98)(H,99,100)/t85-,86+,87+/m0/s1. The van der Waals surface area contributed by atoms with Crippen molar-refractivity contribution in [2.75, 3.05) is 39.6 Å². The minimum absolute atomic E-state index is 0.110. The van der Waals surface area contributed by atoms with Gasteiger partial charge >= 0.3 is 39.5 Å². The molecule has 0 radical (unpaired) electrons. The second kappa shape index (κ2) is 85.0. The van der Waals surface area contributed by atoms with Gasteiger partial charge in [-0.2, -0.15) is 0 Å². The van der Waals surface area contributed by atoms with Crippen molar-refractivity contribution < 1.29 is 80.2 Å². The molecular weight excluding hydrogens is 1430 g/mol. The van der Waals surface area contributed by atoms with Gasteiger partial charge in [0.2, 0.25) is 0 Å². The quantitative estimate of drug-likeness (QED) is 0.0222. The van der Waals surface area contributed by atoms with Crippen LogP contribution in [-0.4, -0.2) is 96.7 Å². The fourth-order valence-electron chi connectivity index (χ4n) is 14.4. The summed E-state index contributed by atoms with van der Waals surface area (Å²) in [5.74, 6) is -2.09. The molecule has 0 aliphatic rings. The lowest BCUT2D eigenvalue weighted by Gasteiger charge is -2.21. The number of rotatable bonds is 92. The van der Waals surface area contributed by atoms with Gasteiger partial charge in [-0.05, 0) is 25.7 Å². The Kier molecular flexibility index (Phi) is 83.5. The summed E-state index contributed by atoms with van der Waals surface area (Å²) >= 11 is 0. The van der Waals surface area contributed by atoms with Gasteiger partial charge in [-0.25, -0.2) is 9.13 Å². The van der Waals surface area contributed by atoms with Crippen molar-refractivity contribution in [2.24, 2.45) is 0 Å². The van der Waals surface area contributed by atoms with Crippen LogP contribution >= 0.6 is 15.6 Å². The number of phosphoric acid groups is 2. The molecule has 0 rings (SSSR count). The molecular formula is C91H178O17P2. The van der Waals surface area contributed by atoms with Crippen LogP contribution < -0.4 is 0 Å². The van der Waals surface area contributed by atoms with E-state index in [1.807, 2.05) is 0 Å². The first-order valence-corrected chi connectivity index (χ1v) is 50.3. The second-order valence-corrected chi connectivity index (χ2v) is 35.6. The summed E-state index contributed by atoms with van der Waals surface area (Å²) in [7, 11) is -9.93. The molecule has 0 saturated carbocycles. The Balaban J connectivity index is 5.20. The first kappa shape index (κ1) is 108. The molecule has 0 aliphatic heterocycles. The van der Waals surface area contributed by atoms with Crippen molar-refractivity contribution in [3.8, 4) is 0 Å². The van der Waals surface area contributed by atoms with E-state index in [-0.39, 0.29) is 25.7 Å². The van der Waals surface area contributed by atoms with Gasteiger partial charge in [-0.3, -0.25) is 37.3 Å². The molecule has 0 aliphatic carbocycles. The monoisotopic (exact) mass is 1610 g/mol. The molecule has 0 aromatic rings. The first-order chi connectivity index (χ1) is 53.7. The molecule has 0 saturated heterocycles. The van der Waals surface area contributed by atoms with Crippen molar-refractivity contribution in [1.82, 2.24) is 0 Å². The van der Waals surface area contributed by atoms with Crippen molar-refractivity contribution in [3.63, 3.8) is 0 Å². The van der Waals surface area contributed by atoms with Gasteiger partial charge in [-0.1, -0.05) is 451 Å². The fraction of sp³-hybridized carbons (Fsp3) is 0.956. The molecule has 5 atom stereocenters. The highest BCUT2D eigenvalue weighted by atomic mass is 31.2. The minimum Gasteiger partial charge on any atom is -0.462 e. The number of hydrogen-bond acceptors (Lipinski definition) is 15. The van der Waals surface area contributed by atoms with E-state index < -0.39 is 97.5 Å². The van der Waals surface area contributed by atoms with Crippen molar-refractivity contribution in [3.05, 3.63) is 0 Å². The number of carbonyl (C=O) groups excluding carboxylic acids is 4. The molecule has 0 amide bonds. The Morgan fingerprint density at radius 2 is 0.364 bits per heavy atom. The molecule has 3 N–H and O–H groups in total. The van der Waals surface area contributed by atoms with Crippen molar-refractivity contribution >= 4 is 39.5 Å². The molecule has 0 bridgehead atoms. The molecule has 17 nitrogen and oxygen atoms in total. The summed E-state index contributed by atoms with van der Waals surface area (Å²) in [6, 6.07) is 0. The zero-order chi connectivity index (χ0) is 80.3. The predicted octanol–water partition coefficient (Wildman–Crippen LogP) is 28.5. The highest BCUT2D eigenvalue weighted by Gasteiger charge is 2.31. The lowest BCUT2D eigenvalue weighted by Crippen LogP contribution is -2.30. The van der Waals surface area contributed by atoms with Crippen LogP contribution in [0, 0.1) is 0 Å². The van der Waals surface area contributed by atoms with Crippen LogP contribution in [0.25, 0.3) is 0 Å². The predicted molar refractivity (Wildman–Crippen MR) is 455 cm³/mol. The summed E-state index contributed by atoms with van der Waals surface area (Å²) in [5.41, 5.74) is 0. The van der Waals surface area contributed by atoms with E-state index in [4.69, 9.17) is 37.0 Å². The van der Waals surface area contributed by atoms with Crippen LogP contribution in [0.5, 0.6) is 0 Å². The highest BCUT2D eigenvalue weighted by molar-refractivity contribution is 7.47. The van der Waals surface area contributed by atoms with Crippen molar-refractivity contribution in [1.29, 1.82) is 0 Å². The van der Waals surface area contributed by atoms with E-state index in [1.54, 1.807) is 0 Å². The third kappa shape index (κ3) is 84.0. The molecule has 0 fully saturated rings. The molecule has 19 heteroatoms. The smallest absolute Gasteiger partial charge is 0.462 e. The SMILES string of the molecule is CCCCCCCCCCCCCCCCCCCCCCC(=O)OC[C@H](COP(=O)(O)OC[C@@H](O)COP(=O)(O)OC[C@@H](COC(=O)CCCCCCCCCCCC)OC(=O)CCCCCCCCCCCCCCCCCCCCCC)OC(=O)CCCCCCCCCCCCCCCCCCCCCC. The van der Waals surface area contributed by atoms with Crippen LogP contribution in [0.2, 0.25) is 0 Å². The highest BCUT2D eigenvalue weighted by Crippen LogP contribution is 2.45. The van der Waals surface area contributed by atoms with Gasteiger partial charge in [0.15, 0.2) is 12.2 Å². The van der Waals surface area contributed by atoms with Crippen LogP contribution in [-0.2, 0) is 65.4 Å². The third-order valence-corrected chi connectivity index (χ3v) is 23.5. The number of ether oxygens (including phenoxy) is 4. The van der Waals surface area contributed by atoms with Gasteiger partial charge in [0.05, 0.1) is 26.4 Å². The van der Waals surface area contributed by atoms with Gasteiger partial charge in [0, 0.05) is 25.7 Å². The van der Waals surface area contributed by atoms with Crippen LogP contribution in [0.15, 0.2) is 0 Å². The fourth-order valence-corrected chi connectivity index (χ4v) is 16.0. The summed E-state index contributed by atoms with van der Waals surface area (Å²) < 4.78 is 69.0. The van der Waals surface area contributed by atoms with Crippen LogP contribution in [0.3, 0.4) is 0 Å². The Morgan fingerprint density at radius 1 is 0.218 bits per heavy atom. The summed E-state index contributed by atoms with van der Waals surface area (Å²) in [5, 5.41) is 10.7. The van der Waals surface area contributed by atoms with E-state index >= 15 is 0 Å². The summed E-state index contributed by atoms with van der Waals surface area (Å²) in [6.07, 6.45) is 82.1. The Hall–Kier alpha value is -1.94. The molecule has 2 unspecified atom stereocenters. The zero-order valence-corrected chi connectivity index (χ0v) is 74.0. The summed E-state index contributed by atoms with van der Waals surface area (Å²) in [6.45, 7) is 5.08. The molecule has 0 heterocycles. The minimum atomic E-state index is -4.97. The van der Waals surface area contributed by atoms with Crippen molar-refractivity contribution in [2.45, 2.75) is 521 Å². The van der Waals surface area contributed by atoms with Gasteiger partial charge < -0.3 is 33.8 Å². The average Bonchev–Trinajstić information content (AvgIpc) is 0.899. The summed E-state index contributed by atoms with van der Waals surface area (Å²) in [4.78, 5) is 73.4. The first-order valence-electron chi connectivity index (χ1n) is 47.3. The topological polar surface area (TPSA) is 237 Å². The lowest BCUT2D eigenvalue weighted by molar-refractivity contribution is -0.161. The number of aliphatic hydroxyl groups is 1. The van der Waals surface area contributed by atoms with E-state index in [2.05, 4.69) is 27.7 Å². The van der Waals surface area contributed by atoms with Crippen LogP contribution in [0.1, 0.15) is 503 Å². The number of hydrogen-bond donors (Lipinski definition) is 3. The lowest BCUT2D eigenvalue weighted by atomic mass is 10.0. The average molecular weight is 1610 g/mol. The maximum Gasteiger partial charge on any atom is 0.472 e. The number of phosphoric ester groups is 2. The van der Waals surface area contributed by atoms with E-state index in [0.29, 0.717) is 25.7 Å². The number of esters is 4. The second-order valence-electron chi connectivity index (χ2n) is 32.7. The largest absolute Gasteiger partial charge is 0.472 e. The third-order valence-electron chi connectivity index (χ3n) is 21.6. The van der Waals surface area contributed by atoms with Gasteiger partial charge in [-0.15, -0.1) is 0 Å². The Bertz CT molecular complexity index is 2070. The molecule has 110 heavy (non-hydrogen) atoms. The number of aliphatic hydroxyl groups excluding tert-OH is 1.